The number of ether oxygens (including phenoxy) is 2. The molecule has 0 saturated heterocycles. The average Bonchev–Trinajstić information content (AvgIpc) is 2.55. The molecule has 1 unspecified atom stereocenters. The van der Waals surface area contributed by atoms with Gasteiger partial charge in [0, 0.05) is 18.1 Å². The zero-order valence-electron chi connectivity index (χ0n) is 13.7. The Labute approximate surface area is 135 Å². The third-order valence-corrected chi connectivity index (χ3v) is 3.80. The number of likely N-dealkylation sites (N-methyl/N-ethyl adjacent to an activating group) is 1. The summed E-state index contributed by atoms with van der Waals surface area (Å²) in [6, 6.07) is 9.54. The summed E-state index contributed by atoms with van der Waals surface area (Å²) < 4.78 is 37.1. The van der Waals surface area contributed by atoms with Crippen molar-refractivity contribution in [1.82, 2.24) is 0 Å². The van der Waals surface area contributed by atoms with E-state index in [1.807, 2.05) is 25.2 Å². The molecular weight excluding hydrogens is 300 g/mol. The van der Waals surface area contributed by atoms with Gasteiger partial charge in [-0.2, -0.15) is 0 Å². The molecule has 1 N–H and O–H groups in total. The van der Waals surface area contributed by atoms with E-state index in [2.05, 4.69) is 0 Å². The monoisotopic (exact) mass is 322 g/mol. The van der Waals surface area contributed by atoms with E-state index < -0.39 is 11.6 Å². The van der Waals surface area contributed by atoms with Crippen molar-refractivity contribution in [3.63, 3.8) is 0 Å². The van der Waals surface area contributed by atoms with Crippen molar-refractivity contribution in [3.05, 3.63) is 59.2 Å². The third kappa shape index (κ3) is 4.66. The fraction of sp³-hybridized carbons (Fsp3) is 0.333. The fourth-order valence-electron chi connectivity index (χ4n) is 2.47. The normalized spacial score (nSPS) is 12.0. The van der Waals surface area contributed by atoms with E-state index in [0.29, 0.717) is 23.6 Å². The summed E-state index contributed by atoms with van der Waals surface area (Å²) in [6.07, 6.45) is 0.828. The molecule has 0 amide bonds. The molecule has 0 fully saturated rings. The summed E-state index contributed by atoms with van der Waals surface area (Å²) in [6.45, 7) is 1.34. The van der Waals surface area contributed by atoms with Crippen LogP contribution in [0, 0.1) is 11.6 Å². The van der Waals surface area contributed by atoms with Crippen molar-refractivity contribution >= 4 is 0 Å². The van der Waals surface area contributed by atoms with Crippen LogP contribution < -0.4 is 14.4 Å². The van der Waals surface area contributed by atoms with Gasteiger partial charge >= 0.3 is 0 Å². The second kappa shape index (κ2) is 7.92. The Morgan fingerprint density at radius 2 is 1.70 bits per heavy atom. The lowest BCUT2D eigenvalue weighted by Crippen LogP contribution is -3.07. The molecule has 0 aliphatic rings. The van der Waals surface area contributed by atoms with Crippen LogP contribution in [0.2, 0.25) is 0 Å². The van der Waals surface area contributed by atoms with Crippen molar-refractivity contribution in [3.8, 4) is 11.5 Å². The van der Waals surface area contributed by atoms with E-state index in [9.17, 15) is 8.78 Å². The first-order valence-corrected chi connectivity index (χ1v) is 7.49. The van der Waals surface area contributed by atoms with E-state index in [1.165, 1.54) is 12.1 Å². The Hall–Kier alpha value is -2.14. The van der Waals surface area contributed by atoms with E-state index in [4.69, 9.17) is 9.47 Å². The maximum atomic E-state index is 13.7. The van der Waals surface area contributed by atoms with E-state index in [1.54, 1.807) is 14.2 Å². The minimum absolute atomic E-state index is 0.490. The summed E-state index contributed by atoms with van der Waals surface area (Å²) in [4.78, 5) is 1.14. The molecule has 0 bridgehead atoms. The molecule has 1 atom stereocenters. The largest absolute Gasteiger partial charge is 0.493 e. The zero-order chi connectivity index (χ0) is 16.8. The van der Waals surface area contributed by atoms with Crippen molar-refractivity contribution < 1.29 is 23.2 Å². The summed E-state index contributed by atoms with van der Waals surface area (Å²) in [5.74, 6) is 0.363. The standard InChI is InChI=1S/C18H21F2NO2/c1-21(12-14-5-6-15(19)11-16(14)20)9-8-13-4-7-17(22-2)18(10-13)23-3/h4-7,10-11H,8-9,12H2,1-3H3/p+1. The van der Waals surface area contributed by atoms with Gasteiger partial charge in [-0.25, -0.2) is 8.78 Å². The van der Waals surface area contributed by atoms with Gasteiger partial charge in [0.2, 0.25) is 0 Å². The molecule has 0 aliphatic heterocycles. The van der Waals surface area contributed by atoms with Gasteiger partial charge in [-0.15, -0.1) is 0 Å². The molecule has 0 aliphatic carbocycles. The quantitative estimate of drug-likeness (QED) is 0.845. The lowest BCUT2D eigenvalue weighted by molar-refractivity contribution is -0.893. The van der Waals surface area contributed by atoms with Gasteiger partial charge < -0.3 is 14.4 Å². The molecule has 0 radical (unpaired) electrons. The molecule has 0 saturated carbocycles. The minimum Gasteiger partial charge on any atom is -0.493 e. The van der Waals surface area contributed by atoms with Crippen LogP contribution in [0.25, 0.3) is 0 Å². The second-order valence-electron chi connectivity index (χ2n) is 5.56. The molecule has 0 aromatic heterocycles. The number of quaternary nitrogens is 1. The Balaban J connectivity index is 1.95. The van der Waals surface area contributed by atoms with Crippen LogP contribution >= 0.6 is 0 Å². The van der Waals surface area contributed by atoms with Crippen LogP contribution in [-0.4, -0.2) is 27.8 Å². The Bertz CT molecular complexity index is 661. The fourth-order valence-corrected chi connectivity index (χ4v) is 2.47. The van der Waals surface area contributed by atoms with Gasteiger partial charge in [0.1, 0.15) is 18.2 Å². The molecule has 0 heterocycles. The first-order valence-electron chi connectivity index (χ1n) is 7.49. The highest BCUT2D eigenvalue weighted by molar-refractivity contribution is 5.42. The third-order valence-electron chi connectivity index (χ3n) is 3.80. The van der Waals surface area contributed by atoms with Gasteiger partial charge in [0.25, 0.3) is 0 Å². The molecule has 2 aromatic rings. The van der Waals surface area contributed by atoms with Crippen LogP contribution in [0.3, 0.4) is 0 Å². The smallest absolute Gasteiger partial charge is 0.160 e. The zero-order valence-corrected chi connectivity index (χ0v) is 13.7. The van der Waals surface area contributed by atoms with Crippen LogP contribution in [0.1, 0.15) is 11.1 Å². The van der Waals surface area contributed by atoms with Gasteiger partial charge in [-0.1, -0.05) is 6.07 Å². The number of hydrogen-bond donors (Lipinski definition) is 1. The molecule has 2 aromatic carbocycles. The second-order valence-corrected chi connectivity index (χ2v) is 5.56. The molecule has 3 nitrogen and oxygen atoms in total. The Morgan fingerprint density at radius 1 is 0.957 bits per heavy atom. The van der Waals surface area contributed by atoms with Crippen LogP contribution in [-0.2, 0) is 13.0 Å². The minimum atomic E-state index is -0.547. The predicted octanol–water partition coefficient (Wildman–Crippen LogP) is 2.24. The van der Waals surface area contributed by atoms with Crippen molar-refractivity contribution in [1.29, 1.82) is 0 Å². The molecule has 5 heteroatoms. The van der Waals surface area contributed by atoms with E-state index in [-0.39, 0.29) is 0 Å². The number of nitrogens with one attached hydrogen (secondary N) is 1. The predicted molar refractivity (Wildman–Crippen MR) is 85.1 cm³/mol. The highest BCUT2D eigenvalue weighted by Crippen LogP contribution is 2.27. The number of halogens is 2. The summed E-state index contributed by atoms with van der Waals surface area (Å²) in [5.41, 5.74) is 1.65. The van der Waals surface area contributed by atoms with E-state index in [0.717, 1.165) is 29.5 Å². The van der Waals surface area contributed by atoms with Crippen molar-refractivity contribution in [2.75, 3.05) is 27.8 Å². The molecular formula is C18H22F2NO2+. The number of benzene rings is 2. The molecule has 124 valence electrons. The maximum Gasteiger partial charge on any atom is 0.160 e. The van der Waals surface area contributed by atoms with Crippen LogP contribution in [0.15, 0.2) is 36.4 Å². The SMILES string of the molecule is COc1ccc(CC[NH+](C)Cc2ccc(F)cc2F)cc1OC. The van der Waals surface area contributed by atoms with E-state index >= 15 is 0 Å². The number of rotatable bonds is 7. The summed E-state index contributed by atoms with van der Waals surface area (Å²) in [5, 5.41) is 0. The Morgan fingerprint density at radius 3 is 2.35 bits per heavy atom. The van der Waals surface area contributed by atoms with Crippen LogP contribution in [0.5, 0.6) is 11.5 Å². The lowest BCUT2D eigenvalue weighted by Gasteiger charge is -2.15. The van der Waals surface area contributed by atoms with Gasteiger partial charge in [-0.3, -0.25) is 0 Å². The van der Waals surface area contributed by atoms with Crippen LogP contribution in [0.4, 0.5) is 8.78 Å². The molecule has 0 spiro atoms. The van der Waals surface area contributed by atoms with Gasteiger partial charge in [0.15, 0.2) is 11.5 Å². The van der Waals surface area contributed by atoms with Gasteiger partial charge in [0.05, 0.1) is 27.8 Å². The highest BCUT2D eigenvalue weighted by Gasteiger charge is 2.11. The lowest BCUT2D eigenvalue weighted by atomic mass is 10.1. The summed E-state index contributed by atoms with van der Waals surface area (Å²) in [7, 11) is 5.20. The highest BCUT2D eigenvalue weighted by atomic mass is 19.1. The Kier molecular flexibility index (Phi) is 5.93. The average molecular weight is 322 g/mol. The molecule has 23 heavy (non-hydrogen) atoms. The maximum absolute atomic E-state index is 13.7. The van der Waals surface area contributed by atoms with Gasteiger partial charge in [-0.05, 0) is 29.8 Å². The first-order chi connectivity index (χ1) is 11.0. The number of methoxy groups -OCH3 is 2. The van der Waals surface area contributed by atoms with Crippen molar-refractivity contribution in [2.24, 2.45) is 0 Å². The van der Waals surface area contributed by atoms with Crippen molar-refractivity contribution in [2.45, 2.75) is 13.0 Å². The molecule has 2 rings (SSSR count). The number of hydrogen-bond acceptors (Lipinski definition) is 2. The summed E-state index contributed by atoms with van der Waals surface area (Å²) >= 11 is 0. The first kappa shape index (κ1) is 17.2. The topological polar surface area (TPSA) is 22.9 Å².